The Morgan fingerprint density at radius 3 is 2.83 bits per heavy atom. The van der Waals surface area contributed by atoms with Gasteiger partial charge in [0.15, 0.2) is 0 Å². The third-order valence-electron chi connectivity index (χ3n) is 3.04. The zero-order valence-electron chi connectivity index (χ0n) is 11.7. The molecule has 0 aliphatic carbocycles. The monoisotopic (exact) mass is 348 g/mol. The van der Waals surface area contributed by atoms with Crippen LogP contribution in [0.4, 0.5) is 15.9 Å². The van der Waals surface area contributed by atoms with E-state index in [1.165, 1.54) is 30.1 Å². The Morgan fingerprint density at radius 2 is 2.09 bits per heavy atom. The number of pyridine rings is 1. The molecule has 2 heterocycles. The standard InChI is InChI=1S/C15H10ClFN4OS/c1-2-23(22)14-6-10-13(7-18-14)19-8-20-15(10)21-9-3-4-12(17)11(16)5-9/h2-8H,1H2,(H,19,20,21). The molecule has 23 heavy (non-hydrogen) atoms. The molecule has 0 aliphatic heterocycles. The molecule has 8 heteroatoms. The van der Waals surface area contributed by atoms with Crippen molar-refractivity contribution in [2.24, 2.45) is 0 Å². The number of rotatable bonds is 4. The maximum absolute atomic E-state index is 13.2. The maximum Gasteiger partial charge on any atom is 0.141 e. The van der Waals surface area contributed by atoms with Crippen LogP contribution in [0, 0.1) is 5.82 Å². The van der Waals surface area contributed by atoms with E-state index in [0.29, 0.717) is 27.4 Å². The minimum atomic E-state index is -1.41. The number of aromatic nitrogens is 3. The minimum absolute atomic E-state index is 0.00322. The molecule has 0 saturated heterocycles. The van der Waals surface area contributed by atoms with Crippen LogP contribution in [0.25, 0.3) is 10.9 Å². The van der Waals surface area contributed by atoms with E-state index in [0.717, 1.165) is 0 Å². The van der Waals surface area contributed by atoms with Crippen LogP contribution in [0.1, 0.15) is 0 Å². The van der Waals surface area contributed by atoms with Crippen molar-refractivity contribution in [3.63, 3.8) is 0 Å². The van der Waals surface area contributed by atoms with Gasteiger partial charge in [0.05, 0.1) is 27.5 Å². The lowest BCUT2D eigenvalue weighted by Gasteiger charge is -2.09. The van der Waals surface area contributed by atoms with Crippen LogP contribution in [0.3, 0.4) is 0 Å². The molecule has 5 nitrogen and oxygen atoms in total. The predicted molar refractivity (Wildman–Crippen MR) is 88.6 cm³/mol. The fourth-order valence-electron chi connectivity index (χ4n) is 1.95. The first kappa shape index (κ1) is 15.5. The predicted octanol–water partition coefficient (Wildman–Crippen LogP) is 3.81. The summed E-state index contributed by atoms with van der Waals surface area (Å²) in [7, 11) is -1.41. The van der Waals surface area contributed by atoms with E-state index in [1.54, 1.807) is 12.1 Å². The van der Waals surface area contributed by atoms with E-state index in [9.17, 15) is 8.60 Å². The molecule has 1 N–H and O–H groups in total. The second-order valence-corrected chi connectivity index (χ2v) is 6.23. The molecule has 0 bridgehead atoms. The van der Waals surface area contributed by atoms with Crippen LogP contribution < -0.4 is 5.32 Å². The molecule has 0 saturated carbocycles. The molecule has 1 atom stereocenters. The molecule has 3 rings (SSSR count). The summed E-state index contributed by atoms with van der Waals surface area (Å²) in [6.45, 7) is 3.49. The van der Waals surface area contributed by atoms with Crippen molar-refractivity contribution < 1.29 is 8.60 Å². The van der Waals surface area contributed by atoms with Crippen molar-refractivity contribution in [1.82, 2.24) is 15.0 Å². The lowest BCUT2D eigenvalue weighted by atomic mass is 10.2. The smallest absolute Gasteiger partial charge is 0.141 e. The molecular weight excluding hydrogens is 339 g/mol. The molecule has 1 aromatic carbocycles. The first-order chi connectivity index (χ1) is 11.1. The van der Waals surface area contributed by atoms with Gasteiger partial charge >= 0.3 is 0 Å². The number of nitrogens with one attached hydrogen (secondary N) is 1. The Bertz CT molecular complexity index is 934. The van der Waals surface area contributed by atoms with Gasteiger partial charge in [-0.2, -0.15) is 0 Å². The average Bonchev–Trinajstić information content (AvgIpc) is 2.57. The molecule has 0 amide bonds. The Morgan fingerprint density at radius 1 is 1.26 bits per heavy atom. The SMILES string of the molecule is C=CS(=O)c1cc2c(Nc3ccc(F)c(Cl)c3)ncnc2cn1. The number of halogens is 2. The summed E-state index contributed by atoms with van der Waals surface area (Å²) in [4.78, 5) is 12.4. The quantitative estimate of drug-likeness (QED) is 0.776. The minimum Gasteiger partial charge on any atom is -0.340 e. The molecule has 1 unspecified atom stereocenters. The van der Waals surface area contributed by atoms with Crippen molar-refractivity contribution in [2.75, 3.05) is 5.32 Å². The lowest BCUT2D eigenvalue weighted by Crippen LogP contribution is -1.99. The maximum atomic E-state index is 13.2. The summed E-state index contributed by atoms with van der Waals surface area (Å²) in [5, 5.41) is 5.33. The molecule has 0 aliphatic rings. The molecule has 3 aromatic rings. The summed E-state index contributed by atoms with van der Waals surface area (Å²) >= 11 is 5.77. The Labute approximate surface area is 138 Å². The average molecular weight is 349 g/mol. The molecule has 2 aromatic heterocycles. The first-order valence-corrected chi connectivity index (χ1v) is 8.03. The van der Waals surface area contributed by atoms with Gasteiger partial charge in [-0.3, -0.25) is 0 Å². The Balaban J connectivity index is 2.07. The van der Waals surface area contributed by atoms with Crippen LogP contribution in [0.2, 0.25) is 5.02 Å². The number of nitrogens with zero attached hydrogens (tertiary/aromatic N) is 3. The molecule has 0 fully saturated rings. The van der Waals surface area contributed by atoms with E-state index in [-0.39, 0.29) is 5.02 Å². The van der Waals surface area contributed by atoms with Crippen molar-refractivity contribution in [3.05, 3.63) is 59.6 Å². The fraction of sp³-hybridized carbons (Fsp3) is 0. The topological polar surface area (TPSA) is 67.8 Å². The molecule has 116 valence electrons. The first-order valence-electron chi connectivity index (χ1n) is 6.44. The third-order valence-corrected chi connectivity index (χ3v) is 4.26. The van der Waals surface area contributed by atoms with Crippen LogP contribution >= 0.6 is 11.6 Å². The zero-order valence-corrected chi connectivity index (χ0v) is 13.2. The Kier molecular flexibility index (Phi) is 4.31. The summed E-state index contributed by atoms with van der Waals surface area (Å²) in [5.41, 5.74) is 1.15. The number of benzene rings is 1. The van der Waals surface area contributed by atoms with E-state index < -0.39 is 16.6 Å². The van der Waals surface area contributed by atoms with Crippen molar-refractivity contribution in [3.8, 4) is 0 Å². The highest BCUT2D eigenvalue weighted by Crippen LogP contribution is 2.26. The second-order valence-electron chi connectivity index (χ2n) is 4.48. The highest BCUT2D eigenvalue weighted by atomic mass is 35.5. The third kappa shape index (κ3) is 3.20. The normalized spacial score (nSPS) is 12.1. The summed E-state index contributed by atoms with van der Waals surface area (Å²) in [6, 6.07) is 5.88. The van der Waals surface area contributed by atoms with Crippen molar-refractivity contribution >= 4 is 44.8 Å². The summed E-state index contributed by atoms with van der Waals surface area (Å²) in [6.07, 6.45) is 2.89. The van der Waals surface area contributed by atoms with Crippen LogP contribution in [0.15, 0.2) is 53.8 Å². The lowest BCUT2D eigenvalue weighted by molar-refractivity contribution is 0.628. The van der Waals surface area contributed by atoms with Gasteiger partial charge in [0.1, 0.15) is 23.0 Å². The number of fused-ring (bicyclic) bond motifs is 1. The second kappa shape index (κ2) is 6.39. The van der Waals surface area contributed by atoms with Gasteiger partial charge in [-0.15, -0.1) is 0 Å². The van der Waals surface area contributed by atoms with Gasteiger partial charge in [-0.05, 0) is 24.3 Å². The largest absolute Gasteiger partial charge is 0.340 e. The Hall–Kier alpha value is -2.38. The zero-order chi connectivity index (χ0) is 16.4. The summed E-state index contributed by atoms with van der Waals surface area (Å²) < 4.78 is 25.1. The molecule has 0 spiro atoms. The van der Waals surface area contributed by atoms with Crippen LogP contribution in [-0.2, 0) is 10.8 Å². The number of hydrogen-bond acceptors (Lipinski definition) is 5. The van der Waals surface area contributed by atoms with E-state index in [4.69, 9.17) is 11.6 Å². The van der Waals surface area contributed by atoms with Gasteiger partial charge < -0.3 is 5.32 Å². The number of anilines is 2. The van der Waals surface area contributed by atoms with Crippen molar-refractivity contribution in [2.45, 2.75) is 5.03 Å². The fourth-order valence-corrected chi connectivity index (χ4v) is 2.69. The van der Waals surface area contributed by atoms with Gasteiger partial charge in [-0.1, -0.05) is 18.2 Å². The van der Waals surface area contributed by atoms with Gasteiger partial charge in [0.25, 0.3) is 0 Å². The van der Waals surface area contributed by atoms with Gasteiger partial charge in [0, 0.05) is 16.5 Å². The highest BCUT2D eigenvalue weighted by molar-refractivity contribution is 7.87. The van der Waals surface area contributed by atoms with Gasteiger partial charge in [-0.25, -0.2) is 23.6 Å². The van der Waals surface area contributed by atoms with E-state index in [2.05, 4.69) is 26.8 Å². The molecule has 0 radical (unpaired) electrons. The summed E-state index contributed by atoms with van der Waals surface area (Å²) in [5.74, 6) is -0.0278. The van der Waals surface area contributed by atoms with Crippen molar-refractivity contribution in [1.29, 1.82) is 0 Å². The van der Waals surface area contributed by atoms with Crippen LogP contribution in [0.5, 0.6) is 0 Å². The van der Waals surface area contributed by atoms with E-state index in [1.807, 2.05) is 0 Å². The van der Waals surface area contributed by atoms with Gasteiger partial charge in [0.2, 0.25) is 0 Å². The number of hydrogen-bond donors (Lipinski definition) is 1. The highest BCUT2D eigenvalue weighted by Gasteiger charge is 2.09. The van der Waals surface area contributed by atoms with E-state index >= 15 is 0 Å². The molecular formula is C15H10ClFN4OS. The van der Waals surface area contributed by atoms with Crippen LogP contribution in [-0.4, -0.2) is 19.2 Å².